The average molecular weight is 449 g/mol. The topological polar surface area (TPSA) is 40.5 Å². The van der Waals surface area contributed by atoms with Crippen molar-refractivity contribution in [3.8, 4) is 0 Å². The van der Waals surface area contributed by atoms with E-state index >= 15 is 0 Å². The molecule has 2 aromatic carbocycles. The van der Waals surface area contributed by atoms with Crippen LogP contribution in [0.5, 0.6) is 0 Å². The zero-order chi connectivity index (χ0) is 21.9. The van der Waals surface area contributed by atoms with Gasteiger partial charge < -0.3 is 10.2 Å². The van der Waals surface area contributed by atoms with Crippen LogP contribution in [0.4, 0.5) is 0 Å². The molecule has 1 aliphatic rings. The molecule has 5 rings (SSSR count). The second kappa shape index (κ2) is 7.86. The Kier molecular flexibility index (Phi) is 5.30. The number of thiophene rings is 2. The predicted molar refractivity (Wildman–Crippen MR) is 135 cm³/mol. The van der Waals surface area contributed by atoms with Crippen molar-refractivity contribution in [1.29, 1.82) is 0 Å². The van der Waals surface area contributed by atoms with E-state index in [9.17, 15) is 10.2 Å². The molecule has 0 radical (unpaired) electrons. The van der Waals surface area contributed by atoms with E-state index in [1.165, 1.54) is 58.6 Å². The standard InChI is InChI=1S/C27H28O2S2/c1-14(28)18-8-10-22-24(12-18)30-16(3)26(22)20-6-5-7-21(20)27-17(4)31-25-13-19(15(2)29)9-11-23(25)27/h8-15,28-29H,5-7H2,1-4H3. The Hall–Kier alpha value is -1.98. The lowest BCUT2D eigenvalue weighted by Crippen LogP contribution is -1.91. The number of aryl methyl sites for hydroxylation is 2. The largest absolute Gasteiger partial charge is 0.389 e. The first kappa shape index (κ1) is 20.9. The Morgan fingerprint density at radius 1 is 0.710 bits per heavy atom. The molecule has 2 heterocycles. The summed E-state index contributed by atoms with van der Waals surface area (Å²) in [6.07, 6.45) is 2.53. The second-order valence-electron chi connectivity index (χ2n) is 8.74. The molecule has 160 valence electrons. The van der Waals surface area contributed by atoms with Gasteiger partial charge in [-0.15, -0.1) is 22.7 Å². The lowest BCUT2D eigenvalue weighted by molar-refractivity contribution is 0.199. The predicted octanol–water partition coefficient (Wildman–Crippen LogP) is 7.93. The van der Waals surface area contributed by atoms with Crippen molar-refractivity contribution in [2.45, 2.75) is 59.2 Å². The van der Waals surface area contributed by atoms with Crippen molar-refractivity contribution in [3.63, 3.8) is 0 Å². The molecule has 2 aromatic heterocycles. The average Bonchev–Trinajstić information content (AvgIpc) is 3.39. The van der Waals surface area contributed by atoms with Gasteiger partial charge in [0, 0.05) is 29.9 Å². The first-order valence-electron chi connectivity index (χ1n) is 11.0. The first-order chi connectivity index (χ1) is 14.8. The van der Waals surface area contributed by atoms with Gasteiger partial charge in [-0.25, -0.2) is 0 Å². The van der Waals surface area contributed by atoms with Crippen LogP contribution in [0.15, 0.2) is 36.4 Å². The van der Waals surface area contributed by atoms with Crippen molar-refractivity contribution in [2.24, 2.45) is 0 Å². The number of benzene rings is 2. The monoisotopic (exact) mass is 448 g/mol. The molecule has 0 bridgehead atoms. The molecule has 1 aliphatic carbocycles. The Bertz CT molecular complexity index is 1230. The van der Waals surface area contributed by atoms with E-state index in [-0.39, 0.29) is 0 Å². The van der Waals surface area contributed by atoms with Gasteiger partial charge in [0.2, 0.25) is 0 Å². The molecule has 2 atom stereocenters. The van der Waals surface area contributed by atoms with Crippen molar-refractivity contribution < 1.29 is 10.2 Å². The van der Waals surface area contributed by atoms with E-state index in [0.717, 1.165) is 24.0 Å². The summed E-state index contributed by atoms with van der Waals surface area (Å²) < 4.78 is 2.52. The Labute approximate surface area is 191 Å². The minimum atomic E-state index is -0.442. The molecule has 4 aromatic rings. The number of aliphatic hydroxyl groups is 2. The Morgan fingerprint density at radius 2 is 1.13 bits per heavy atom. The highest BCUT2D eigenvalue weighted by Crippen LogP contribution is 2.49. The Balaban J connectivity index is 1.71. The number of hydrogen-bond acceptors (Lipinski definition) is 4. The molecular weight excluding hydrogens is 420 g/mol. The van der Waals surface area contributed by atoms with Crippen LogP contribution in [-0.2, 0) is 0 Å². The molecule has 31 heavy (non-hydrogen) atoms. The lowest BCUT2D eigenvalue weighted by Gasteiger charge is -2.11. The quantitative estimate of drug-likeness (QED) is 0.333. The SMILES string of the molecule is Cc1sc2cc(C(C)O)ccc2c1C1=C(c2c(C)sc3cc(C(C)O)ccc23)CCC1. The highest BCUT2D eigenvalue weighted by atomic mass is 32.1. The van der Waals surface area contributed by atoms with Gasteiger partial charge in [-0.2, -0.15) is 0 Å². The molecule has 4 heteroatoms. The van der Waals surface area contributed by atoms with Crippen LogP contribution in [0.1, 0.15) is 77.3 Å². The molecule has 0 saturated carbocycles. The number of rotatable bonds is 4. The number of aliphatic hydroxyl groups excluding tert-OH is 2. The highest BCUT2D eigenvalue weighted by molar-refractivity contribution is 7.19. The zero-order valence-electron chi connectivity index (χ0n) is 18.5. The van der Waals surface area contributed by atoms with E-state index in [1.54, 1.807) is 0 Å². The first-order valence-corrected chi connectivity index (χ1v) is 12.6. The molecule has 0 amide bonds. The molecule has 2 N–H and O–H groups in total. The minimum absolute atomic E-state index is 0.442. The third kappa shape index (κ3) is 3.46. The van der Waals surface area contributed by atoms with Gasteiger partial charge in [-0.05, 0) is 92.5 Å². The molecule has 0 aliphatic heterocycles. The normalized spacial score (nSPS) is 16.6. The van der Waals surface area contributed by atoms with Gasteiger partial charge in [0.15, 0.2) is 0 Å². The maximum Gasteiger partial charge on any atom is 0.0762 e. The summed E-state index contributed by atoms with van der Waals surface area (Å²) in [5.74, 6) is 0. The fourth-order valence-corrected chi connectivity index (χ4v) is 7.32. The van der Waals surface area contributed by atoms with E-state index in [1.807, 2.05) is 36.5 Å². The zero-order valence-corrected chi connectivity index (χ0v) is 20.1. The fourth-order valence-electron chi connectivity index (χ4n) is 5.04. The summed E-state index contributed by atoms with van der Waals surface area (Å²) in [5.41, 5.74) is 7.77. The third-order valence-corrected chi connectivity index (χ3v) is 8.70. The van der Waals surface area contributed by atoms with Gasteiger partial charge in [0.25, 0.3) is 0 Å². The van der Waals surface area contributed by atoms with Crippen LogP contribution in [0, 0.1) is 13.8 Å². The number of allylic oxidation sites excluding steroid dienone is 2. The van der Waals surface area contributed by atoms with Gasteiger partial charge in [0.05, 0.1) is 12.2 Å². The van der Waals surface area contributed by atoms with E-state index in [2.05, 4.69) is 50.2 Å². The van der Waals surface area contributed by atoms with Crippen LogP contribution in [0.3, 0.4) is 0 Å². The molecular formula is C27H28O2S2. The maximum atomic E-state index is 10.0. The van der Waals surface area contributed by atoms with Crippen molar-refractivity contribution in [1.82, 2.24) is 0 Å². The van der Waals surface area contributed by atoms with E-state index in [4.69, 9.17) is 0 Å². The van der Waals surface area contributed by atoms with Gasteiger partial charge in [0.1, 0.15) is 0 Å². The second-order valence-corrected chi connectivity index (χ2v) is 11.3. The van der Waals surface area contributed by atoms with Crippen LogP contribution in [-0.4, -0.2) is 10.2 Å². The van der Waals surface area contributed by atoms with Crippen molar-refractivity contribution in [2.75, 3.05) is 0 Å². The summed E-state index contributed by atoms with van der Waals surface area (Å²) in [6, 6.07) is 12.8. The Morgan fingerprint density at radius 3 is 1.52 bits per heavy atom. The van der Waals surface area contributed by atoms with Crippen LogP contribution >= 0.6 is 22.7 Å². The minimum Gasteiger partial charge on any atom is -0.389 e. The highest BCUT2D eigenvalue weighted by Gasteiger charge is 2.25. The third-order valence-electron chi connectivity index (χ3n) is 6.57. The summed E-state index contributed by atoms with van der Waals surface area (Å²) in [4.78, 5) is 2.72. The lowest BCUT2D eigenvalue weighted by atomic mass is 9.93. The van der Waals surface area contributed by atoms with E-state index in [0.29, 0.717) is 0 Å². The summed E-state index contributed by atoms with van der Waals surface area (Å²) in [5, 5.41) is 22.6. The van der Waals surface area contributed by atoms with Crippen LogP contribution in [0.25, 0.3) is 31.3 Å². The fraction of sp³-hybridized carbons (Fsp3) is 0.333. The van der Waals surface area contributed by atoms with E-state index < -0.39 is 12.2 Å². The van der Waals surface area contributed by atoms with Gasteiger partial charge in [-0.3, -0.25) is 0 Å². The smallest absolute Gasteiger partial charge is 0.0762 e. The van der Waals surface area contributed by atoms with Gasteiger partial charge >= 0.3 is 0 Å². The maximum absolute atomic E-state index is 10.0. The molecule has 2 nitrogen and oxygen atoms in total. The van der Waals surface area contributed by atoms with Crippen molar-refractivity contribution in [3.05, 3.63) is 68.4 Å². The number of hydrogen-bond donors (Lipinski definition) is 2. The molecule has 0 fully saturated rings. The number of fused-ring (bicyclic) bond motifs is 2. The van der Waals surface area contributed by atoms with Crippen LogP contribution in [0.2, 0.25) is 0 Å². The molecule has 2 unspecified atom stereocenters. The van der Waals surface area contributed by atoms with Gasteiger partial charge in [-0.1, -0.05) is 24.3 Å². The summed E-state index contributed by atoms with van der Waals surface area (Å²) in [6.45, 7) is 8.12. The van der Waals surface area contributed by atoms with Crippen LogP contribution < -0.4 is 0 Å². The summed E-state index contributed by atoms with van der Waals surface area (Å²) in [7, 11) is 0. The summed E-state index contributed by atoms with van der Waals surface area (Å²) >= 11 is 3.68. The molecule has 0 saturated heterocycles. The van der Waals surface area contributed by atoms with Crippen molar-refractivity contribution >= 4 is 54.0 Å². The molecule has 0 spiro atoms.